The van der Waals surface area contributed by atoms with Crippen LogP contribution in [0.3, 0.4) is 0 Å². The molecule has 0 heterocycles. The highest BCUT2D eigenvalue weighted by atomic mass is 19.1. The van der Waals surface area contributed by atoms with Gasteiger partial charge in [-0.25, -0.2) is 4.39 Å². The molecule has 2 aromatic rings. The predicted molar refractivity (Wildman–Crippen MR) is 71.2 cm³/mol. The molecule has 0 radical (unpaired) electrons. The average Bonchev–Trinajstić information content (AvgIpc) is 2.45. The van der Waals surface area contributed by atoms with Gasteiger partial charge in [-0.2, -0.15) is 0 Å². The summed E-state index contributed by atoms with van der Waals surface area (Å²) >= 11 is 0. The maximum atomic E-state index is 12.7. The highest BCUT2D eigenvalue weighted by molar-refractivity contribution is 5.83. The molecule has 0 aliphatic heterocycles. The van der Waals surface area contributed by atoms with Crippen LogP contribution in [0.4, 0.5) is 4.39 Å². The fourth-order valence-corrected chi connectivity index (χ4v) is 1.59. The van der Waals surface area contributed by atoms with Crippen LogP contribution in [0, 0.1) is 5.82 Å². The lowest BCUT2D eigenvalue weighted by molar-refractivity contribution is -0.297. The Balaban J connectivity index is 1.93. The van der Waals surface area contributed by atoms with Crippen molar-refractivity contribution in [1.29, 1.82) is 0 Å². The van der Waals surface area contributed by atoms with Gasteiger partial charge in [0, 0.05) is 0 Å². The molecule has 0 amide bonds. The normalized spacial score (nSPS) is 10.7. The largest absolute Gasteiger partial charge is 0.545 e. The molecule has 20 heavy (non-hydrogen) atoms. The van der Waals surface area contributed by atoms with E-state index >= 15 is 0 Å². The van der Waals surface area contributed by atoms with E-state index in [-0.39, 0.29) is 5.82 Å². The molecule has 0 saturated carbocycles. The summed E-state index contributed by atoms with van der Waals surface area (Å²) in [5, 5.41) is 10.3. The molecular formula is C16H12FO3-. The fourth-order valence-electron chi connectivity index (χ4n) is 1.59. The van der Waals surface area contributed by atoms with Crippen LogP contribution >= 0.6 is 0 Å². The number of benzene rings is 2. The summed E-state index contributed by atoms with van der Waals surface area (Å²) in [5.41, 5.74) is 1.61. The number of aliphatic carboxylic acids is 1. The van der Waals surface area contributed by atoms with Gasteiger partial charge in [0.25, 0.3) is 0 Å². The van der Waals surface area contributed by atoms with Crippen LogP contribution in [0.1, 0.15) is 11.1 Å². The van der Waals surface area contributed by atoms with E-state index in [0.29, 0.717) is 12.4 Å². The molecule has 4 heteroatoms. The molecule has 0 saturated heterocycles. The second kappa shape index (κ2) is 6.52. The van der Waals surface area contributed by atoms with E-state index in [1.807, 2.05) is 0 Å². The SMILES string of the molecule is O=C([O-])C=Cc1ccc(OCc2ccc(F)cc2)cc1. The minimum atomic E-state index is -1.23. The third kappa shape index (κ3) is 4.24. The first kappa shape index (κ1) is 13.8. The Morgan fingerprint density at radius 3 is 2.35 bits per heavy atom. The average molecular weight is 271 g/mol. The van der Waals surface area contributed by atoms with Crippen molar-refractivity contribution >= 4 is 12.0 Å². The van der Waals surface area contributed by atoms with Crippen molar-refractivity contribution in [3.8, 4) is 5.75 Å². The van der Waals surface area contributed by atoms with Crippen LogP contribution < -0.4 is 9.84 Å². The lowest BCUT2D eigenvalue weighted by Gasteiger charge is -2.06. The number of carboxylic acid groups (broad SMARTS) is 1. The molecule has 0 aliphatic rings. The summed E-state index contributed by atoms with van der Waals surface area (Å²) in [7, 11) is 0. The Hall–Kier alpha value is -2.62. The van der Waals surface area contributed by atoms with Crippen molar-refractivity contribution in [3.63, 3.8) is 0 Å². The number of carbonyl (C=O) groups excluding carboxylic acids is 1. The van der Waals surface area contributed by atoms with Crippen LogP contribution in [-0.2, 0) is 11.4 Å². The number of ether oxygens (including phenoxy) is 1. The zero-order valence-electron chi connectivity index (χ0n) is 10.6. The van der Waals surface area contributed by atoms with Gasteiger partial charge >= 0.3 is 0 Å². The molecule has 0 aliphatic carbocycles. The minimum Gasteiger partial charge on any atom is -0.545 e. The van der Waals surface area contributed by atoms with Gasteiger partial charge in [0.2, 0.25) is 0 Å². The Labute approximate surface area is 115 Å². The van der Waals surface area contributed by atoms with Crippen molar-refractivity contribution in [1.82, 2.24) is 0 Å². The predicted octanol–water partition coefficient (Wildman–Crippen LogP) is 2.17. The number of hydrogen-bond donors (Lipinski definition) is 0. The van der Waals surface area contributed by atoms with Gasteiger partial charge in [-0.05, 0) is 41.5 Å². The van der Waals surface area contributed by atoms with Gasteiger partial charge < -0.3 is 14.6 Å². The lowest BCUT2D eigenvalue weighted by Crippen LogP contribution is -2.18. The zero-order valence-corrected chi connectivity index (χ0v) is 10.6. The van der Waals surface area contributed by atoms with Gasteiger partial charge in [-0.3, -0.25) is 0 Å². The Morgan fingerprint density at radius 1 is 1.10 bits per heavy atom. The van der Waals surface area contributed by atoms with Crippen molar-refractivity contribution in [2.45, 2.75) is 6.61 Å². The van der Waals surface area contributed by atoms with Crippen molar-refractivity contribution in [2.75, 3.05) is 0 Å². The number of hydrogen-bond acceptors (Lipinski definition) is 3. The molecule has 0 atom stereocenters. The maximum Gasteiger partial charge on any atom is 0.123 e. The van der Waals surface area contributed by atoms with Crippen molar-refractivity contribution in [3.05, 3.63) is 71.6 Å². The highest BCUT2D eigenvalue weighted by Crippen LogP contribution is 2.15. The van der Waals surface area contributed by atoms with Crippen LogP contribution in [0.25, 0.3) is 6.08 Å². The summed E-state index contributed by atoms with van der Waals surface area (Å²) in [5.74, 6) is -0.862. The Morgan fingerprint density at radius 2 is 1.75 bits per heavy atom. The molecule has 0 fully saturated rings. The van der Waals surface area contributed by atoms with Crippen LogP contribution in [0.15, 0.2) is 54.6 Å². The third-order valence-electron chi connectivity index (χ3n) is 2.61. The Kier molecular flexibility index (Phi) is 4.50. The van der Waals surface area contributed by atoms with Crippen LogP contribution in [0.2, 0.25) is 0 Å². The van der Waals surface area contributed by atoms with Gasteiger partial charge in [-0.15, -0.1) is 0 Å². The minimum absolute atomic E-state index is 0.280. The number of rotatable bonds is 5. The zero-order chi connectivity index (χ0) is 14.4. The highest BCUT2D eigenvalue weighted by Gasteiger charge is 1.97. The van der Waals surface area contributed by atoms with E-state index in [0.717, 1.165) is 17.2 Å². The summed E-state index contributed by atoms with van der Waals surface area (Å²) in [6, 6.07) is 13.0. The summed E-state index contributed by atoms with van der Waals surface area (Å²) < 4.78 is 18.3. The van der Waals surface area contributed by atoms with E-state index in [2.05, 4.69) is 0 Å². The van der Waals surface area contributed by atoms with Gasteiger partial charge in [0.1, 0.15) is 18.2 Å². The topological polar surface area (TPSA) is 49.4 Å². The third-order valence-corrected chi connectivity index (χ3v) is 2.61. The molecule has 2 rings (SSSR count). The number of halogens is 1. The number of carbonyl (C=O) groups is 1. The van der Waals surface area contributed by atoms with Crippen molar-refractivity contribution in [2.24, 2.45) is 0 Å². The summed E-state index contributed by atoms with van der Waals surface area (Å²) in [6.45, 7) is 0.342. The lowest BCUT2D eigenvalue weighted by atomic mass is 10.2. The van der Waals surface area contributed by atoms with E-state index in [1.165, 1.54) is 18.2 Å². The van der Waals surface area contributed by atoms with Gasteiger partial charge in [0.15, 0.2) is 0 Å². The maximum absolute atomic E-state index is 12.7. The molecule has 3 nitrogen and oxygen atoms in total. The number of carboxylic acids is 1. The molecule has 0 spiro atoms. The summed E-state index contributed by atoms with van der Waals surface area (Å²) in [6.07, 6.45) is 2.41. The van der Waals surface area contributed by atoms with E-state index in [4.69, 9.17) is 4.74 Å². The van der Waals surface area contributed by atoms with E-state index in [9.17, 15) is 14.3 Å². The molecule has 2 aromatic carbocycles. The van der Waals surface area contributed by atoms with E-state index in [1.54, 1.807) is 36.4 Å². The molecule has 102 valence electrons. The van der Waals surface area contributed by atoms with Gasteiger partial charge in [-0.1, -0.05) is 30.3 Å². The smallest absolute Gasteiger partial charge is 0.123 e. The first-order valence-corrected chi connectivity index (χ1v) is 6.00. The molecule has 0 unspecified atom stereocenters. The summed E-state index contributed by atoms with van der Waals surface area (Å²) in [4.78, 5) is 10.3. The quantitative estimate of drug-likeness (QED) is 0.783. The molecule has 0 N–H and O–H groups in total. The second-order valence-electron chi connectivity index (χ2n) is 4.14. The molecule has 0 aromatic heterocycles. The monoisotopic (exact) mass is 271 g/mol. The molecule has 0 bridgehead atoms. The second-order valence-corrected chi connectivity index (χ2v) is 4.14. The van der Waals surface area contributed by atoms with E-state index < -0.39 is 5.97 Å². The fraction of sp³-hybridized carbons (Fsp3) is 0.0625. The first-order valence-electron chi connectivity index (χ1n) is 6.00. The Bertz CT molecular complexity index is 601. The van der Waals surface area contributed by atoms with Crippen LogP contribution in [0.5, 0.6) is 5.75 Å². The van der Waals surface area contributed by atoms with Gasteiger partial charge in [0.05, 0.1) is 5.97 Å². The van der Waals surface area contributed by atoms with Crippen LogP contribution in [-0.4, -0.2) is 5.97 Å². The van der Waals surface area contributed by atoms with Crippen molar-refractivity contribution < 1.29 is 19.0 Å². The standard InChI is InChI=1S/C16H13FO3/c17-14-6-1-13(2-7-14)11-20-15-8-3-12(4-9-15)5-10-16(18)19/h1-10H,11H2,(H,18,19)/p-1. The first-order chi connectivity index (χ1) is 9.63. The molecular weight excluding hydrogens is 259 g/mol.